The molecule has 0 saturated carbocycles. The average Bonchev–Trinajstić information content (AvgIpc) is 2.03. The zero-order valence-electron chi connectivity index (χ0n) is 8.31. The lowest BCUT2D eigenvalue weighted by Gasteiger charge is -2.06. The molecule has 0 aliphatic heterocycles. The van der Waals surface area contributed by atoms with Gasteiger partial charge in [0.1, 0.15) is 5.84 Å². The van der Waals surface area contributed by atoms with Crippen molar-refractivity contribution in [3.63, 3.8) is 0 Å². The topological polar surface area (TPSA) is 24.4 Å². The number of rotatable bonds is 2. The first kappa shape index (κ1) is 12.8. The molecule has 0 fully saturated rings. The molecule has 11 heavy (non-hydrogen) atoms. The lowest BCUT2D eigenvalue weighted by Crippen LogP contribution is -2.22. The van der Waals surface area contributed by atoms with E-state index < -0.39 is 0 Å². The molecule has 2 heteroatoms. The number of nitrogens with one attached hydrogen (secondary N) is 1. The fraction of sp³-hybridized carbons (Fsp3) is 0.667. The summed E-state index contributed by atoms with van der Waals surface area (Å²) in [6, 6.07) is 0. The number of hydrogen-bond acceptors (Lipinski definition) is 1. The van der Waals surface area contributed by atoms with Crippen LogP contribution in [0, 0.1) is 5.92 Å². The molecular formula is C9H20N2. The number of amidine groups is 1. The van der Waals surface area contributed by atoms with Crippen LogP contribution in [0.15, 0.2) is 17.8 Å². The van der Waals surface area contributed by atoms with Crippen molar-refractivity contribution in [2.45, 2.75) is 27.7 Å². The predicted octanol–water partition coefficient (Wildman–Crippen LogP) is 2.43. The molecule has 0 rings (SSSR count). The van der Waals surface area contributed by atoms with Gasteiger partial charge in [-0.2, -0.15) is 0 Å². The largest absolute Gasteiger partial charge is 0.351 e. The average molecular weight is 156 g/mol. The van der Waals surface area contributed by atoms with Crippen molar-refractivity contribution in [1.82, 2.24) is 5.32 Å². The van der Waals surface area contributed by atoms with E-state index in [9.17, 15) is 0 Å². The van der Waals surface area contributed by atoms with Crippen molar-refractivity contribution in [1.29, 1.82) is 0 Å². The Morgan fingerprint density at radius 1 is 1.45 bits per heavy atom. The van der Waals surface area contributed by atoms with E-state index in [0.717, 1.165) is 5.84 Å². The van der Waals surface area contributed by atoms with Gasteiger partial charge in [0.2, 0.25) is 0 Å². The van der Waals surface area contributed by atoms with Gasteiger partial charge >= 0.3 is 0 Å². The Morgan fingerprint density at radius 3 is 2.00 bits per heavy atom. The summed E-state index contributed by atoms with van der Waals surface area (Å²) in [4.78, 5) is 4.01. The van der Waals surface area contributed by atoms with Gasteiger partial charge in [-0.1, -0.05) is 34.3 Å². The van der Waals surface area contributed by atoms with Crippen LogP contribution in [0.1, 0.15) is 27.7 Å². The van der Waals surface area contributed by atoms with E-state index in [2.05, 4.69) is 30.7 Å². The molecule has 0 heterocycles. The number of nitrogens with zero attached hydrogens (tertiary/aromatic N) is 1. The molecule has 0 radical (unpaired) electrons. The zero-order valence-corrected chi connectivity index (χ0v) is 8.31. The van der Waals surface area contributed by atoms with Gasteiger partial charge < -0.3 is 5.32 Å². The first-order chi connectivity index (χ1) is 5.22. The molecule has 0 bridgehead atoms. The lowest BCUT2D eigenvalue weighted by atomic mass is 10.2. The highest BCUT2D eigenvalue weighted by atomic mass is 15.0. The third-order valence-corrected chi connectivity index (χ3v) is 1.04. The summed E-state index contributed by atoms with van der Waals surface area (Å²) in [5, 5.41) is 2.95. The van der Waals surface area contributed by atoms with Crippen LogP contribution in [0.4, 0.5) is 0 Å². The predicted molar refractivity (Wildman–Crippen MR) is 52.9 cm³/mol. The second-order valence-electron chi connectivity index (χ2n) is 2.11. The van der Waals surface area contributed by atoms with Gasteiger partial charge in [-0.25, -0.2) is 0 Å². The molecule has 0 spiro atoms. The van der Waals surface area contributed by atoms with Crippen LogP contribution in [-0.2, 0) is 0 Å². The second kappa shape index (κ2) is 9.21. The van der Waals surface area contributed by atoms with Crippen molar-refractivity contribution in [2.75, 3.05) is 7.05 Å². The van der Waals surface area contributed by atoms with Gasteiger partial charge in [-0.3, -0.25) is 4.99 Å². The Bertz CT molecular complexity index is 115. The minimum Gasteiger partial charge on any atom is -0.351 e. The molecule has 0 amide bonds. The van der Waals surface area contributed by atoms with Crippen molar-refractivity contribution < 1.29 is 0 Å². The maximum Gasteiger partial charge on any atom is 0.102 e. The molecule has 0 unspecified atom stereocenters. The molecule has 66 valence electrons. The van der Waals surface area contributed by atoms with E-state index in [-0.39, 0.29) is 0 Å². The molecule has 0 atom stereocenters. The Kier molecular flexibility index (Phi) is 10.8. The lowest BCUT2D eigenvalue weighted by molar-refractivity contribution is 0.845. The van der Waals surface area contributed by atoms with Crippen molar-refractivity contribution >= 4 is 5.84 Å². The molecule has 0 aromatic carbocycles. The van der Waals surface area contributed by atoms with Crippen LogP contribution in [0.5, 0.6) is 0 Å². The highest BCUT2D eigenvalue weighted by Gasteiger charge is 1.98. The summed E-state index contributed by atoms with van der Waals surface area (Å²) in [6.45, 7) is 11.7. The van der Waals surface area contributed by atoms with E-state index in [0.29, 0.717) is 5.92 Å². The fourth-order valence-electron chi connectivity index (χ4n) is 0.594. The highest BCUT2D eigenvalue weighted by Crippen LogP contribution is 1.92. The molecule has 0 aromatic heterocycles. The van der Waals surface area contributed by atoms with Gasteiger partial charge in [0.05, 0.1) is 0 Å². The van der Waals surface area contributed by atoms with Crippen LogP contribution < -0.4 is 5.32 Å². The SMILES string of the molecule is C=CNC(=NC)C(C)C.CC. The van der Waals surface area contributed by atoms with Crippen molar-refractivity contribution in [3.8, 4) is 0 Å². The Morgan fingerprint density at radius 2 is 1.91 bits per heavy atom. The fourth-order valence-corrected chi connectivity index (χ4v) is 0.594. The van der Waals surface area contributed by atoms with E-state index >= 15 is 0 Å². The third-order valence-electron chi connectivity index (χ3n) is 1.04. The van der Waals surface area contributed by atoms with Gasteiger partial charge in [-0.15, -0.1) is 0 Å². The summed E-state index contributed by atoms with van der Waals surface area (Å²) in [6.07, 6.45) is 1.64. The first-order valence-corrected chi connectivity index (χ1v) is 4.06. The van der Waals surface area contributed by atoms with Crippen LogP contribution in [0.25, 0.3) is 0 Å². The standard InChI is InChI=1S/C7H14N2.C2H6/c1-5-9-7(8-4)6(2)3;1-2/h5-6H,1H2,2-4H3,(H,8,9);1-2H3. The summed E-state index contributed by atoms with van der Waals surface area (Å²) >= 11 is 0. The quantitative estimate of drug-likeness (QED) is 0.482. The smallest absolute Gasteiger partial charge is 0.102 e. The molecule has 0 aliphatic rings. The maximum absolute atomic E-state index is 4.01. The second-order valence-corrected chi connectivity index (χ2v) is 2.11. The Balaban J connectivity index is 0. The minimum absolute atomic E-state index is 0.452. The summed E-state index contributed by atoms with van der Waals surface area (Å²) in [5.74, 6) is 1.43. The van der Waals surface area contributed by atoms with Gasteiger partial charge in [0.25, 0.3) is 0 Å². The van der Waals surface area contributed by atoms with E-state index in [1.54, 1.807) is 13.2 Å². The maximum atomic E-state index is 4.01. The van der Waals surface area contributed by atoms with Crippen molar-refractivity contribution in [2.24, 2.45) is 10.9 Å². The van der Waals surface area contributed by atoms with E-state index in [1.165, 1.54) is 0 Å². The van der Waals surface area contributed by atoms with E-state index in [1.807, 2.05) is 13.8 Å². The minimum atomic E-state index is 0.452. The van der Waals surface area contributed by atoms with Crippen molar-refractivity contribution in [3.05, 3.63) is 12.8 Å². The first-order valence-electron chi connectivity index (χ1n) is 4.06. The molecule has 1 N–H and O–H groups in total. The summed E-state index contributed by atoms with van der Waals surface area (Å²) in [5.41, 5.74) is 0. The number of hydrogen-bond donors (Lipinski definition) is 1. The van der Waals surface area contributed by atoms with Crippen LogP contribution >= 0.6 is 0 Å². The van der Waals surface area contributed by atoms with Gasteiger partial charge in [0, 0.05) is 13.0 Å². The zero-order chi connectivity index (χ0) is 9.28. The van der Waals surface area contributed by atoms with Crippen LogP contribution in [0.2, 0.25) is 0 Å². The summed E-state index contributed by atoms with van der Waals surface area (Å²) < 4.78 is 0. The monoisotopic (exact) mass is 156 g/mol. The summed E-state index contributed by atoms with van der Waals surface area (Å²) in [7, 11) is 1.77. The number of aliphatic imine (C=N–C) groups is 1. The molecule has 2 nitrogen and oxygen atoms in total. The molecule has 0 aromatic rings. The molecule has 0 aliphatic carbocycles. The third kappa shape index (κ3) is 7.10. The Hall–Kier alpha value is -0.790. The van der Waals surface area contributed by atoms with Crippen LogP contribution in [0.3, 0.4) is 0 Å². The normalized spacial score (nSPS) is 10.2. The highest BCUT2D eigenvalue weighted by molar-refractivity contribution is 5.84. The molecular weight excluding hydrogens is 136 g/mol. The van der Waals surface area contributed by atoms with Gasteiger partial charge in [0.15, 0.2) is 0 Å². The van der Waals surface area contributed by atoms with Crippen LogP contribution in [-0.4, -0.2) is 12.9 Å². The Labute approximate surface area is 70.4 Å². The van der Waals surface area contributed by atoms with E-state index in [4.69, 9.17) is 0 Å². The van der Waals surface area contributed by atoms with Gasteiger partial charge in [-0.05, 0) is 6.20 Å². The molecule has 0 saturated heterocycles.